The Morgan fingerprint density at radius 2 is 0.825 bits per heavy atom. The second-order valence-corrected chi connectivity index (χ2v) is 18.1. The molecule has 0 saturated heterocycles. The summed E-state index contributed by atoms with van der Waals surface area (Å²) >= 11 is 3.68. The van der Waals surface area contributed by atoms with E-state index in [9.17, 15) is 0 Å². The van der Waals surface area contributed by atoms with Crippen molar-refractivity contribution in [1.82, 2.24) is 19.5 Å². The lowest BCUT2D eigenvalue weighted by molar-refractivity contribution is 1.08. The van der Waals surface area contributed by atoms with Crippen LogP contribution < -0.4 is 0 Å². The van der Waals surface area contributed by atoms with Crippen LogP contribution in [0.5, 0.6) is 0 Å². The zero-order valence-corrected chi connectivity index (χ0v) is 35.4. The smallest absolute Gasteiger partial charge is 0.165 e. The standard InChI is InChI=1S/C57H34N4S2/c1-4-14-37(15-5-1)55-58-56(38-16-6-2-7-17-38)60-57(59-55)47-34-40(33-45-43-21-11-13-23-51(43)62-53(45)47)36-26-24-35(25-27-36)39-28-30-48-46(32-39)52-49(61(48)41-18-8-3-9-19-41)31-29-44-42-20-10-12-22-50(42)63-54(44)52/h1-34H. The molecule has 13 aromatic rings. The quantitative estimate of drug-likeness (QED) is 0.168. The monoisotopic (exact) mass is 838 g/mol. The van der Waals surface area contributed by atoms with Gasteiger partial charge in [-0.2, -0.15) is 0 Å². The minimum Gasteiger partial charge on any atom is -0.309 e. The van der Waals surface area contributed by atoms with Crippen molar-refractivity contribution in [3.8, 4) is 62.1 Å². The van der Waals surface area contributed by atoms with Gasteiger partial charge in [-0.25, -0.2) is 15.0 Å². The summed E-state index contributed by atoms with van der Waals surface area (Å²) < 4.78 is 7.46. The Kier molecular flexibility index (Phi) is 8.22. The van der Waals surface area contributed by atoms with Gasteiger partial charge in [0.25, 0.3) is 0 Å². The molecule has 294 valence electrons. The van der Waals surface area contributed by atoms with Gasteiger partial charge in [-0.1, -0.05) is 152 Å². The van der Waals surface area contributed by atoms with Crippen LogP contribution in [0.3, 0.4) is 0 Å². The number of hydrogen-bond donors (Lipinski definition) is 0. The maximum absolute atomic E-state index is 5.19. The molecule has 0 aliphatic carbocycles. The SMILES string of the molecule is c1ccc(-c2nc(-c3ccccc3)nc(-c3cc(-c4ccc(-c5ccc6c(c5)c5c7sc8ccccc8c7ccc5n6-c5ccccc5)cc4)cc4c3sc3ccccc34)n2)cc1. The van der Waals surface area contributed by atoms with Crippen LogP contribution in [-0.4, -0.2) is 19.5 Å². The Morgan fingerprint density at radius 3 is 1.49 bits per heavy atom. The van der Waals surface area contributed by atoms with Gasteiger partial charge in [-0.05, 0) is 76.9 Å². The van der Waals surface area contributed by atoms with E-state index in [1.165, 1.54) is 68.6 Å². The van der Waals surface area contributed by atoms with Gasteiger partial charge in [0.1, 0.15) is 0 Å². The first-order valence-corrected chi connectivity index (χ1v) is 22.7. The second-order valence-electron chi connectivity index (χ2n) is 16.0. The van der Waals surface area contributed by atoms with E-state index < -0.39 is 0 Å². The molecule has 0 N–H and O–H groups in total. The summed E-state index contributed by atoms with van der Waals surface area (Å²) in [6, 6.07) is 73.8. The summed E-state index contributed by atoms with van der Waals surface area (Å²) in [5, 5.41) is 7.61. The van der Waals surface area contributed by atoms with E-state index in [-0.39, 0.29) is 0 Å². The summed E-state index contributed by atoms with van der Waals surface area (Å²) in [5.74, 6) is 1.97. The van der Waals surface area contributed by atoms with Crippen LogP contribution in [0.25, 0.3) is 124 Å². The minimum absolute atomic E-state index is 0.653. The number of para-hydroxylation sites is 1. The molecule has 4 aromatic heterocycles. The molecule has 0 bridgehead atoms. The van der Waals surface area contributed by atoms with Crippen molar-refractivity contribution in [2.24, 2.45) is 0 Å². The van der Waals surface area contributed by atoms with Crippen molar-refractivity contribution in [3.05, 3.63) is 206 Å². The van der Waals surface area contributed by atoms with E-state index in [0.29, 0.717) is 17.5 Å². The van der Waals surface area contributed by atoms with Crippen LogP contribution in [-0.2, 0) is 0 Å². The molecule has 0 aliphatic rings. The van der Waals surface area contributed by atoms with Crippen molar-refractivity contribution in [2.75, 3.05) is 0 Å². The first kappa shape index (κ1) is 35.9. The summed E-state index contributed by atoms with van der Waals surface area (Å²) in [6.07, 6.45) is 0. The van der Waals surface area contributed by atoms with Gasteiger partial charge in [0.05, 0.1) is 11.0 Å². The van der Waals surface area contributed by atoms with Crippen molar-refractivity contribution >= 4 is 84.8 Å². The van der Waals surface area contributed by atoms with Gasteiger partial charge in [0, 0.05) is 73.5 Å². The lowest BCUT2D eigenvalue weighted by Gasteiger charge is -2.12. The first-order chi connectivity index (χ1) is 31.2. The molecule has 9 aromatic carbocycles. The summed E-state index contributed by atoms with van der Waals surface area (Å²) in [7, 11) is 0. The number of nitrogens with zero attached hydrogens (tertiary/aromatic N) is 4. The van der Waals surface area contributed by atoms with Gasteiger partial charge in [-0.3, -0.25) is 0 Å². The van der Waals surface area contributed by atoms with Gasteiger partial charge in [0.15, 0.2) is 17.5 Å². The molecule has 0 saturated carbocycles. The average molecular weight is 839 g/mol. The highest BCUT2D eigenvalue weighted by molar-refractivity contribution is 7.27. The lowest BCUT2D eigenvalue weighted by Crippen LogP contribution is -2.00. The first-order valence-electron chi connectivity index (χ1n) is 21.1. The Labute approximate surface area is 370 Å². The molecule has 0 amide bonds. The van der Waals surface area contributed by atoms with Gasteiger partial charge < -0.3 is 4.57 Å². The summed E-state index contributed by atoms with van der Waals surface area (Å²) in [4.78, 5) is 15.4. The molecule has 0 unspecified atom stereocenters. The highest BCUT2D eigenvalue weighted by Gasteiger charge is 2.21. The Balaban J connectivity index is 0.971. The summed E-state index contributed by atoms with van der Waals surface area (Å²) in [6.45, 7) is 0. The third kappa shape index (κ3) is 5.91. The predicted octanol–water partition coefficient (Wildman–Crippen LogP) is 16.0. The second kappa shape index (κ2) is 14.4. The molecule has 0 atom stereocenters. The molecule has 63 heavy (non-hydrogen) atoms. The number of hydrogen-bond acceptors (Lipinski definition) is 5. The van der Waals surface area contributed by atoms with Gasteiger partial charge in [-0.15, -0.1) is 22.7 Å². The molecule has 13 rings (SSSR count). The largest absolute Gasteiger partial charge is 0.309 e. The number of aromatic nitrogens is 4. The third-order valence-corrected chi connectivity index (χ3v) is 14.7. The highest BCUT2D eigenvalue weighted by Crippen LogP contribution is 2.45. The van der Waals surface area contributed by atoms with Crippen molar-refractivity contribution in [1.29, 1.82) is 0 Å². The fraction of sp³-hybridized carbons (Fsp3) is 0. The van der Waals surface area contributed by atoms with Crippen LogP contribution in [0, 0.1) is 0 Å². The van der Waals surface area contributed by atoms with Crippen molar-refractivity contribution in [2.45, 2.75) is 0 Å². The Hall–Kier alpha value is -7.77. The Morgan fingerprint density at radius 1 is 0.317 bits per heavy atom. The zero-order chi connectivity index (χ0) is 41.4. The number of rotatable bonds is 6. The van der Waals surface area contributed by atoms with E-state index in [2.05, 4.69) is 174 Å². The van der Waals surface area contributed by atoms with Crippen LogP contribution in [0.2, 0.25) is 0 Å². The fourth-order valence-electron chi connectivity index (χ4n) is 9.26. The lowest BCUT2D eigenvalue weighted by atomic mass is 9.96. The molecule has 0 spiro atoms. The van der Waals surface area contributed by atoms with E-state index in [1.54, 1.807) is 11.3 Å². The predicted molar refractivity (Wildman–Crippen MR) is 267 cm³/mol. The molecule has 4 heterocycles. The van der Waals surface area contributed by atoms with Crippen LogP contribution >= 0.6 is 22.7 Å². The molecule has 0 fully saturated rings. The minimum atomic E-state index is 0.653. The number of thiophene rings is 2. The van der Waals surface area contributed by atoms with E-state index in [4.69, 9.17) is 15.0 Å². The Bertz CT molecular complexity index is 3830. The molecule has 0 aliphatic heterocycles. The maximum Gasteiger partial charge on any atom is 0.165 e. The topological polar surface area (TPSA) is 43.6 Å². The zero-order valence-electron chi connectivity index (χ0n) is 33.7. The van der Waals surface area contributed by atoms with Crippen LogP contribution in [0.4, 0.5) is 0 Å². The number of fused-ring (bicyclic) bond motifs is 10. The molecule has 4 nitrogen and oxygen atoms in total. The average Bonchev–Trinajstić information content (AvgIpc) is 4.04. The van der Waals surface area contributed by atoms with E-state index >= 15 is 0 Å². The fourth-order valence-corrected chi connectivity index (χ4v) is 11.7. The molecule has 0 radical (unpaired) electrons. The van der Waals surface area contributed by atoms with Crippen LogP contribution in [0.1, 0.15) is 0 Å². The van der Waals surface area contributed by atoms with Gasteiger partial charge >= 0.3 is 0 Å². The normalized spacial score (nSPS) is 11.8. The molecular weight excluding hydrogens is 805 g/mol. The van der Waals surface area contributed by atoms with Crippen molar-refractivity contribution < 1.29 is 0 Å². The summed E-state index contributed by atoms with van der Waals surface area (Å²) in [5.41, 5.74) is 11.1. The third-order valence-electron chi connectivity index (χ3n) is 12.3. The van der Waals surface area contributed by atoms with E-state index in [1.807, 2.05) is 47.7 Å². The highest BCUT2D eigenvalue weighted by atomic mass is 32.1. The van der Waals surface area contributed by atoms with E-state index in [0.717, 1.165) is 38.2 Å². The van der Waals surface area contributed by atoms with Crippen molar-refractivity contribution in [3.63, 3.8) is 0 Å². The van der Waals surface area contributed by atoms with Gasteiger partial charge in [0.2, 0.25) is 0 Å². The van der Waals surface area contributed by atoms with Crippen LogP contribution in [0.15, 0.2) is 206 Å². The number of benzene rings is 9. The molecule has 6 heteroatoms. The maximum atomic E-state index is 5.19. The molecular formula is C57H34N4S2.